The van der Waals surface area contributed by atoms with Crippen molar-refractivity contribution in [3.8, 4) is 0 Å². The number of thioether (sulfide) groups is 1. The van der Waals surface area contributed by atoms with E-state index in [0.29, 0.717) is 31.9 Å². The van der Waals surface area contributed by atoms with Crippen LogP contribution in [0.1, 0.15) is 35.7 Å². The number of allylic oxidation sites excluding steroid dienone is 1. The van der Waals surface area contributed by atoms with Crippen molar-refractivity contribution in [1.82, 2.24) is 4.72 Å². The standard InChI is InChI=1S/C23H25ClN4O3S2/c1-5-21(24)32-15(3)33-28-23(31)27-17-8-6-16(7-9-17)14(2)22(30)19-11-10-18(25-4)12-20(19)26-13-29/h5-14,25H,3H2,1-2,4H3,(H,26,29)(H2,27,28,31)/b21-5-. The van der Waals surface area contributed by atoms with Gasteiger partial charge in [0.1, 0.15) is 0 Å². The van der Waals surface area contributed by atoms with Gasteiger partial charge in [0.2, 0.25) is 6.41 Å². The number of urea groups is 1. The van der Waals surface area contributed by atoms with Crippen LogP contribution < -0.4 is 20.7 Å². The largest absolute Gasteiger partial charge is 0.388 e. The lowest BCUT2D eigenvalue weighted by atomic mass is 9.91. The topological polar surface area (TPSA) is 99.3 Å². The highest BCUT2D eigenvalue weighted by atomic mass is 35.5. The van der Waals surface area contributed by atoms with Crippen molar-refractivity contribution in [3.05, 3.63) is 74.8 Å². The number of halogens is 1. The van der Waals surface area contributed by atoms with Gasteiger partial charge in [0.15, 0.2) is 5.78 Å². The third-order valence-electron chi connectivity index (χ3n) is 4.55. The lowest BCUT2D eigenvalue weighted by molar-refractivity contribution is -0.105. The Kier molecular flexibility index (Phi) is 10.4. The zero-order chi connectivity index (χ0) is 24.4. The quantitative estimate of drug-likeness (QED) is 0.161. The van der Waals surface area contributed by atoms with Crippen LogP contribution in [0.4, 0.5) is 21.9 Å². The maximum absolute atomic E-state index is 13.1. The van der Waals surface area contributed by atoms with Gasteiger partial charge in [0.25, 0.3) is 0 Å². The molecule has 2 aromatic carbocycles. The molecule has 174 valence electrons. The van der Waals surface area contributed by atoms with Gasteiger partial charge in [-0.3, -0.25) is 14.3 Å². The molecule has 0 aromatic heterocycles. The summed E-state index contributed by atoms with van der Waals surface area (Å²) in [5, 5.41) is 8.28. The Balaban J connectivity index is 2.01. The van der Waals surface area contributed by atoms with Crippen molar-refractivity contribution in [1.29, 1.82) is 0 Å². The minimum absolute atomic E-state index is 0.132. The third kappa shape index (κ3) is 7.88. The third-order valence-corrected chi connectivity index (χ3v) is 6.67. The minimum atomic E-state index is -0.451. The molecule has 0 saturated heterocycles. The van der Waals surface area contributed by atoms with Gasteiger partial charge >= 0.3 is 6.03 Å². The minimum Gasteiger partial charge on any atom is -0.388 e. The van der Waals surface area contributed by atoms with E-state index >= 15 is 0 Å². The van der Waals surface area contributed by atoms with Gasteiger partial charge in [0, 0.05) is 29.9 Å². The zero-order valence-electron chi connectivity index (χ0n) is 18.4. The second-order valence-electron chi connectivity index (χ2n) is 6.71. The summed E-state index contributed by atoms with van der Waals surface area (Å²) in [4.78, 5) is 36.1. The van der Waals surface area contributed by atoms with Gasteiger partial charge in [-0.1, -0.05) is 55.1 Å². The number of amides is 3. The van der Waals surface area contributed by atoms with Gasteiger partial charge in [0.05, 0.1) is 14.3 Å². The number of hydrogen-bond donors (Lipinski definition) is 4. The first-order chi connectivity index (χ1) is 15.8. The second-order valence-corrected chi connectivity index (χ2v) is 9.63. The molecule has 0 radical (unpaired) electrons. The van der Waals surface area contributed by atoms with Crippen molar-refractivity contribution in [2.45, 2.75) is 19.8 Å². The lowest BCUT2D eigenvalue weighted by Crippen LogP contribution is -2.22. The van der Waals surface area contributed by atoms with E-state index in [0.717, 1.165) is 23.2 Å². The van der Waals surface area contributed by atoms with E-state index in [1.54, 1.807) is 62.5 Å². The van der Waals surface area contributed by atoms with E-state index in [1.807, 2.05) is 6.92 Å². The highest BCUT2D eigenvalue weighted by molar-refractivity contribution is 8.24. The number of benzene rings is 2. The number of nitrogens with one attached hydrogen (secondary N) is 4. The van der Waals surface area contributed by atoms with Gasteiger partial charge in [-0.15, -0.1) is 0 Å². The molecule has 2 aromatic rings. The number of hydrogen-bond acceptors (Lipinski definition) is 6. The number of ketones is 1. The molecular weight excluding hydrogens is 480 g/mol. The maximum Gasteiger partial charge on any atom is 0.329 e. The molecular formula is C23H25ClN4O3S2. The van der Waals surface area contributed by atoms with Crippen LogP contribution in [0.25, 0.3) is 0 Å². The monoisotopic (exact) mass is 504 g/mol. The first kappa shape index (κ1) is 26.4. The number of Topliss-reactive ketones (excluding diaryl/α,β-unsaturated/α-hetero) is 1. The van der Waals surface area contributed by atoms with Crippen molar-refractivity contribution >= 4 is 70.6 Å². The maximum atomic E-state index is 13.1. The Bertz CT molecular complexity index is 1060. The first-order valence-corrected chi connectivity index (χ1v) is 11.9. The van der Waals surface area contributed by atoms with Crippen LogP contribution in [0.2, 0.25) is 0 Å². The Morgan fingerprint density at radius 1 is 1.12 bits per heavy atom. The van der Waals surface area contributed by atoms with Crippen LogP contribution in [-0.2, 0) is 4.79 Å². The summed E-state index contributed by atoms with van der Waals surface area (Å²) in [5.41, 5.74) is 2.99. The molecule has 0 saturated carbocycles. The molecule has 4 N–H and O–H groups in total. The highest BCUT2D eigenvalue weighted by Crippen LogP contribution is 2.33. The zero-order valence-corrected chi connectivity index (χ0v) is 20.8. The average Bonchev–Trinajstić information content (AvgIpc) is 2.82. The molecule has 1 atom stereocenters. The van der Waals surface area contributed by atoms with Crippen LogP contribution in [-0.4, -0.2) is 25.3 Å². The molecule has 0 fully saturated rings. The Morgan fingerprint density at radius 2 is 1.79 bits per heavy atom. The molecule has 0 bridgehead atoms. The molecule has 0 heterocycles. The summed E-state index contributed by atoms with van der Waals surface area (Å²) < 4.78 is 3.83. The first-order valence-electron chi connectivity index (χ1n) is 9.87. The van der Waals surface area contributed by atoms with Gasteiger partial charge in [-0.2, -0.15) is 0 Å². The van der Waals surface area contributed by atoms with Crippen molar-refractivity contribution in [2.75, 3.05) is 23.0 Å². The van der Waals surface area contributed by atoms with Gasteiger partial charge in [-0.25, -0.2) is 4.79 Å². The summed E-state index contributed by atoms with van der Waals surface area (Å²) in [5.74, 6) is -0.583. The normalized spacial score (nSPS) is 11.8. The van der Waals surface area contributed by atoms with Crippen LogP contribution >= 0.6 is 35.3 Å². The van der Waals surface area contributed by atoms with Crippen LogP contribution in [0.15, 0.2) is 63.7 Å². The van der Waals surface area contributed by atoms with Crippen molar-refractivity contribution < 1.29 is 14.4 Å². The second kappa shape index (κ2) is 13.0. The molecule has 0 aliphatic heterocycles. The summed E-state index contributed by atoms with van der Waals surface area (Å²) in [6, 6.07) is 11.8. The molecule has 0 spiro atoms. The molecule has 0 aliphatic carbocycles. The Hall–Kier alpha value is -2.88. The summed E-state index contributed by atoms with van der Waals surface area (Å²) >= 11 is 8.24. The predicted molar refractivity (Wildman–Crippen MR) is 141 cm³/mol. The number of carbonyl (C=O) groups excluding carboxylic acids is 3. The number of rotatable bonds is 11. The smallest absolute Gasteiger partial charge is 0.329 e. The Morgan fingerprint density at radius 3 is 2.39 bits per heavy atom. The molecule has 3 amide bonds. The molecule has 0 aliphatic rings. The van der Waals surface area contributed by atoms with E-state index < -0.39 is 11.9 Å². The van der Waals surface area contributed by atoms with Crippen LogP contribution in [0, 0.1) is 0 Å². The van der Waals surface area contributed by atoms with Gasteiger partial charge < -0.3 is 16.0 Å². The lowest BCUT2D eigenvalue weighted by Gasteiger charge is -2.15. The fourth-order valence-electron chi connectivity index (χ4n) is 2.79. The van der Waals surface area contributed by atoms with Gasteiger partial charge in [-0.05, 0) is 54.8 Å². The Labute approximate surface area is 206 Å². The summed E-state index contributed by atoms with van der Waals surface area (Å²) in [7, 11) is 1.76. The number of carbonyl (C=O) groups is 3. The van der Waals surface area contributed by atoms with E-state index in [4.69, 9.17) is 11.6 Å². The van der Waals surface area contributed by atoms with Crippen molar-refractivity contribution in [2.24, 2.45) is 0 Å². The molecule has 10 heteroatoms. The summed E-state index contributed by atoms with van der Waals surface area (Å²) in [6.07, 6.45) is 2.28. The molecule has 2 rings (SSSR count). The molecule has 7 nitrogen and oxygen atoms in total. The fourth-order valence-corrected chi connectivity index (χ4v) is 4.36. The van der Waals surface area contributed by atoms with E-state index in [9.17, 15) is 14.4 Å². The van der Waals surface area contributed by atoms with E-state index in [-0.39, 0.29) is 5.78 Å². The molecule has 33 heavy (non-hydrogen) atoms. The van der Waals surface area contributed by atoms with Crippen LogP contribution in [0.5, 0.6) is 0 Å². The van der Waals surface area contributed by atoms with E-state index in [1.165, 1.54) is 11.8 Å². The fraction of sp³-hybridized carbons (Fsp3) is 0.174. The SMILES string of the molecule is C=C(SNC(=O)Nc1ccc(C(C)C(=O)c2ccc(NC)cc2NC=O)cc1)S/C(Cl)=C\C. The highest BCUT2D eigenvalue weighted by Gasteiger charge is 2.20. The van der Waals surface area contributed by atoms with E-state index in [2.05, 4.69) is 27.3 Å². The molecule has 1 unspecified atom stereocenters. The van der Waals surface area contributed by atoms with Crippen LogP contribution in [0.3, 0.4) is 0 Å². The number of anilines is 3. The summed E-state index contributed by atoms with van der Waals surface area (Å²) in [6.45, 7) is 7.43. The average molecular weight is 505 g/mol. The predicted octanol–water partition coefficient (Wildman–Crippen LogP) is 6.36. The van der Waals surface area contributed by atoms with Crippen molar-refractivity contribution in [3.63, 3.8) is 0 Å².